The van der Waals surface area contributed by atoms with Crippen molar-refractivity contribution in [2.24, 2.45) is 5.73 Å². The third kappa shape index (κ3) is 2.12. The van der Waals surface area contributed by atoms with Gasteiger partial charge in [-0.2, -0.15) is 5.10 Å². The molecule has 0 unspecified atom stereocenters. The number of halogens is 2. The normalized spacial score (nSPS) is 22.3. The summed E-state index contributed by atoms with van der Waals surface area (Å²) in [6, 6.07) is 0. The van der Waals surface area contributed by atoms with E-state index in [0.717, 1.165) is 6.20 Å². The highest BCUT2D eigenvalue weighted by Crippen LogP contribution is 2.43. The van der Waals surface area contributed by atoms with Crippen LogP contribution in [0, 0.1) is 10.1 Å². The molecule has 6 nitrogen and oxygen atoms in total. The van der Waals surface area contributed by atoms with Gasteiger partial charge in [-0.1, -0.05) is 0 Å². The third-order valence-corrected chi connectivity index (χ3v) is 3.19. The summed E-state index contributed by atoms with van der Waals surface area (Å²) >= 11 is 0. The standard InChI is InChI=1S/C9H12F2N4O2/c10-9(11)3-1-8(12,2-4-9)7-6(15(16)17)5-13-14-7/h5H,1-4,12H2,(H,13,14). The van der Waals surface area contributed by atoms with Gasteiger partial charge in [-0.15, -0.1) is 0 Å². The van der Waals surface area contributed by atoms with E-state index in [-0.39, 0.29) is 37.1 Å². The molecule has 1 saturated carbocycles. The Morgan fingerprint density at radius 3 is 2.53 bits per heavy atom. The molecule has 94 valence electrons. The van der Waals surface area contributed by atoms with E-state index in [9.17, 15) is 18.9 Å². The second kappa shape index (κ2) is 3.73. The van der Waals surface area contributed by atoms with Crippen LogP contribution in [0.3, 0.4) is 0 Å². The average molecular weight is 246 g/mol. The number of alkyl halides is 2. The van der Waals surface area contributed by atoms with Gasteiger partial charge in [0, 0.05) is 12.8 Å². The summed E-state index contributed by atoms with van der Waals surface area (Å²) in [6.07, 6.45) is 0.335. The Morgan fingerprint density at radius 1 is 1.41 bits per heavy atom. The van der Waals surface area contributed by atoms with Crippen LogP contribution in [0.4, 0.5) is 14.5 Å². The molecule has 0 saturated heterocycles. The second-order valence-electron chi connectivity index (χ2n) is 4.40. The lowest BCUT2D eigenvalue weighted by Gasteiger charge is -2.35. The molecule has 1 aliphatic rings. The Bertz CT molecular complexity index is 436. The van der Waals surface area contributed by atoms with Crippen LogP contribution in [-0.2, 0) is 5.54 Å². The largest absolute Gasteiger partial charge is 0.320 e. The first-order valence-corrected chi connectivity index (χ1v) is 5.19. The Balaban J connectivity index is 2.28. The summed E-state index contributed by atoms with van der Waals surface area (Å²) in [5, 5.41) is 16.8. The van der Waals surface area contributed by atoms with Gasteiger partial charge in [-0.05, 0) is 12.8 Å². The molecule has 2 rings (SSSR count). The van der Waals surface area contributed by atoms with Crippen LogP contribution in [0.25, 0.3) is 0 Å². The van der Waals surface area contributed by atoms with E-state index in [0.29, 0.717) is 0 Å². The van der Waals surface area contributed by atoms with Crippen molar-refractivity contribution in [1.29, 1.82) is 0 Å². The summed E-state index contributed by atoms with van der Waals surface area (Å²) in [5.41, 5.74) is 4.76. The highest BCUT2D eigenvalue weighted by atomic mass is 19.3. The molecule has 0 aromatic carbocycles. The predicted molar refractivity (Wildman–Crippen MR) is 54.5 cm³/mol. The molecule has 3 N–H and O–H groups in total. The number of nitro groups is 1. The SMILES string of the molecule is NC1(c2[nH]ncc2[N+](=O)[O-])CCC(F)(F)CC1. The number of rotatable bonds is 2. The fourth-order valence-electron chi connectivity index (χ4n) is 2.10. The molecule has 0 aliphatic heterocycles. The quantitative estimate of drug-likeness (QED) is 0.612. The molecule has 1 heterocycles. The molecule has 1 aromatic rings. The number of aromatic nitrogens is 2. The maximum absolute atomic E-state index is 13.0. The lowest BCUT2D eigenvalue weighted by Crippen LogP contribution is -2.44. The van der Waals surface area contributed by atoms with Crippen molar-refractivity contribution in [3.63, 3.8) is 0 Å². The van der Waals surface area contributed by atoms with Crippen molar-refractivity contribution in [1.82, 2.24) is 10.2 Å². The van der Waals surface area contributed by atoms with Crippen molar-refractivity contribution >= 4 is 5.69 Å². The van der Waals surface area contributed by atoms with Crippen molar-refractivity contribution in [3.8, 4) is 0 Å². The van der Waals surface area contributed by atoms with Gasteiger partial charge in [-0.3, -0.25) is 15.2 Å². The van der Waals surface area contributed by atoms with E-state index in [1.807, 2.05) is 0 Å². The fraction of sp³-hybridized carbons (Fsp3) is 0.667. The number of hydrogen-bond acceptors (Lipinski definition) is 4. The maximum Gasteiger partial charge on any atom is 0.311 e. The Morgan fingerprint density at radius 2 is 2.00 bits per heavy atom. The number of nitrogens with two attached hydrogens (primary N) is 1. The molecule has 0 atom stereocenters. The minimum atomic E-state index is -2.72. The van der Waals surface area contributed by atoms with Gasteiger partial charge in [0.05, 0.1) is 10.5 Å². The van der Waals surface area contributed by atoms with E-state index in [1.54, 1.807) is 0 Å². The van der Waals surface area contributed by atoms with Crippen LogP contribution in [0.2, 0.25) is 0 Å². The highest BCUT2D eigenvalue weighted by molar-refractivity contribution is 5.37. The number of nitrogens with zero attached hydrogens (tertiary/aromatic N) is 2. The van der Waals surface area contributed by atoms with Gasteiger partial charge in [0.25, 0.3) is 0 Å². The molecule has 1 fully saturated rings. The van der Waals surface area contributed by atoms with Gasteiger partial charge in [-0.25, -0.2) is 8.78 Å². The Labute approximate surface area is 95.3 Å². The lowest BCUT2D eigenvalue weighted by molar-refractivity contribution is -0.386. The summed E-state index contributed by atoms with van der Waals surface area (Å²) in [6.45, 7) is 0. The van der Waals surface area contributed by atoms with Gasteiger partial charge in [0.2, 0.25) is 5.92 Å². The molecule has 17 heavy (non-hydrogen) atoms. The number of nitrogens with one attached hydrogen (secondary N) is 1. The Hall–Kier alpha value is -1.57. The second-order valence-corrected chi connectivity index (χ2v) is 4.40. The zero-order chi connectivity index (χ0) is 12.7. The molecule has 0 amide bonds. The van der Waals surface area contributed by atoms with Crippen molar-refractivity contribution in [3.05, 3.63) is 22.0 Å². The fourth-order valence-corrected chi connectivity index (χ4v) is 2.10. The third-order valence-electron chi connectivity index (χ3n) is 3.19. The van der Waals surface area contributed by atoms with Crippen molar-refractivity contribution < 1.29 is 13.7 Å². The van der Waals surface area contributed by atoms with E-state index in [2.05, 4.69) is 10.2 Å². The predicted octanol–water partition coefficient (Wildman–Crippen LogP) is 1.68. The topological polar surface area (TPSA) is 97.8 Å². The van der Waals surface area contributed by atoms with E-state index in [4.69, 9.17) is 5.73 Å². The molecule has 0 spiro atoms. The van der Waals surface area contributed by atoms with Crippen LogP contribution < -0.4 is 5.73 Å². The van der Waals surface area contributed by atoms with Crippen molar-refractivity contribution in [2.75, 3.05) is 0 Å². The van der Waals surface area contributed by atoms with Gasteiger partial charge in [0.1, 0.15) is 11.9 Å². The summed E-state index contributed by atoms with van der Waals surface area (Å²) in [4.78, 5) is 10.1. The van der Waals surface area contributed by atoms with E-state index < -0.39 is 16.4 Å². The molecule has 0 bridgehead atoms. The average Bonchev–Trinajstić information content (AvgIpc) is 2.72. The monoisotopic (exact) mass is 246 g/mol. The molecule has 1 aliphatic carbocycles. The minimum absolute atomic E-state index is 0.00301. The highest BCUT2D eigenvalue weighted by Gasteiger charge is 2.45. The zero-order valence-electron chi connectivity index (χ0n) is 8.95. The smallest absolute Gasteiger partial charge is 0.311 e. The van der Waals surface area contributed by atoms with Gasteiger partial charge >= 0.3 is 5.69 Å². The number of aromatic amines is 1. The van der Waals surface area contributed by atoms with Crippen molar-refractivity contribution in [2.45, 2.75) is 37.1 Å². The van der Waals surface area contributed by atoms with E-state index >= 15 is 0 Å². The van der Waals surface area contributed by atoms with Crippen LogP contribution >= 0.6 is 0 Å². The zero-order valence-corrected chi connectivity index (χ0v) is 8.95. The first-order valence-electron chi connectivity index (χ1n) is 5.19. The number of H-pyrrole nitrogens is 1. The molecule has 1 aromatic heterocycles. The van der Waals surface area contributed by atoms with E-state index in [1.165, 1.54) is 0 Å². The Kier molecular flexibility index (Phi) is 2.61. The molecule has 8 heteroatoms. The van der Waals surface area contributed by atoms with Gasteiger partial charge in [0.15, 0.2) is 0 Å². The summed E-state index contributed by atoms with van der Waals surface area (Å²) in [5.74, 6) is -2.72. The molecular formula is C9H12F2N4O2. The van der Waals surface area contributed by atoms with Crippen LogP contribution in [-0.4, -0.2) is 21.0 Å². The first-order chi connectivity index (χ1) is 7.84. The molecule has 0 radical (unpaired) electrons. The lowest BCUT2D eigenvalue weighted by atomic mass is 9.78. The molecular weight excluding hydrogens is 234 g/mol. The van der Waals surface area contributed by atoms with Crippen LogP contribution in [0.5, 0.6) is 0 Å². The van der Waals surface area contributed by atoms with Crippen LogP contribution in [0.15, 0.2) is 6.20 Å². The summed E-state index contributed by atoms with van der Waals surface area (Å²) < 4.78 is 26.1. The minimum Gasteiger partial charge on any atom is -0.320 e. The maximum atomic E-state index is 13.0. The summed E-state index contributed by atoms with van der Waals surface area (Å²) in [7, 11) is 0. The first kappa shape index (κ1) is 11.9. The van der Waals surface area contributed by atoms with Crippen LogP contribution in [0.1, 0.15) is 31.4 Å². The van der Waals surface area contributed by atoms with Gasteiger partial charge < -0.3 is 5.73 Å². The number of hydrogen-bond donors (Lipinski definition) is 2.